The summed E-state index contributed by atoms with van der Waals surface area (Å²) in [6, 6.07) is 15.6. The summed E-state index contributed by atoms with van der Waals surface area (Å²) in [5.41, 5.74) is 1.67. The van der Waals surface area contributed by atoms with Crippen LogP contribution in [-0.4, -0.2) is 37.5 Å². The Kier molecular flexibility index (Phi) is 4.79. The van der Waals surface area contributed by atoms with Crippen LogP contribution in [0.3, 0.4) is 0 Å². The fourth-order valence-corrected chi connectivity index (χ4v) is 2.73. The number of amides is 2. The predicted molar refractivity (Wildman–Crippen MR) is 93.5 cm³/mol. The zero-order valence-electron chi connectivity index (χ0n) is 13.8. The Balaban J connectivity index is 1.76. The highest BCUT2D eigenvalue weighted by Crippen LogP contribution is 2.22. The van der Waals surface area contributed by atoms with E-state index in [9.17, 15) is 14.4 Å². The van der Waals surface area contributed by atoms with E-state index in [1.807, 2.05) is 30.3 Å². The molecule has 6 heteroatoms. The van der Waals surface area contributed by atoms with Crippen molar-refractivity contribution in [1.82, 2.24) is 0 Å². The Morgan fingerprint density at radius 1 is 0.920 bits per heavy atom. The molecule has 128 valence electrons. The summed E-state index contributed by atoms with van der Waals surface area (Å²) in [7, 11) is 0. The number of hydrogen-bond acceptors (Lipinski definition) is 5. The normalized spacial score (nSPS) is 14.6. The van der Waals surface area contributed by atoms with Gasteiger partial charge in [0.2, 0.25) is 0 Å². The minimum Gasteiger partial charge on any atom is -0.462 e. The van der Waals surface area contributed by atoms with E-state index in [4.69, 9.17) is 4.74 Å². The van der Waals surface area contributed by atoms with E-state index in [-0.39, 0.29) is 24.9 Å². The molecule has 0 saturated carbocycles. The number of hydrogen-bond donors (Lipinski definition) is 0. The molecule has 25 heavy (non-hydrogen) atoms. The van der Waals surface area contributed by atoms with Crippen LogP contribution in [0.25, 0.3) is 0 Å². The number of carbonyl (C=O) groups is 3. The van der Waals surface area contributed by atoms with Crippen LogP contribution in [0.15, 0.2) is 54.6 Å². The Bertz CT molecular complexity index is 769. The number of ether oxygens (including phenoxy) is 1. The van der Waals surface area contributed by atoms with Crippen LogP contribution in [-0.2, 0) is 14.3 Å². The first-order valence-electron chi connectivity index (χ1n) is 8.03. The molecule has 3 rings (SSSR count). The number of imide groups is 1. The number of rotatable bonds is 4. The third-order valence-corrected chi connectivity index (χ3v) is 3.91. The van der Waals surface area contributed by atoms with Crippen molar-refractivity contribution in [2.45, 2.75) is 6.92 Å². The van der Waals surface area contributed by atoms with Crippen molar-refractivity contribution in [2.75, 3.05) is 29.5 Å². The first kappa shape index (κ1) is 16.7. The Labute approximate surface area is 145 Å². The monoisotopic (exact) mass is 338 g/mol. The summed E-state index contributed by atoms with van der Waals surface area (Å²) in [6.45, 7) is 2.26. The molecule has 1 saturated heterocycles. The molecular formula is C19H18N2O4. The highest BCUT2D eigenvalue weighted by Gasteiger charge is 2.32. The lowest BCUT2D eigenvalue weighted by atomic mass is 10.1. The molecule has 0 aliphatic carbocycles. The van der Waals surface area contributed by atoms with Gasteiger partial charge in [0.05, 0.1) is 30.9 Å². The van der Waals surface area contributed by atoms with Gasteiger partial charge in [-0.1, -0.05) is 18.2 Å². The summed E-state index contributed by atoms with van der Waals surface area (Å²) in [4.78, 5) is 39.6. The number of esters is 1. The van der Waals surface area contributed by atoms with Crippen molar-refractivity contribution in [3.8, 4) is 0 Å². The largest absolute Gasteiger partial charge is 0.462 e. The van der Waals surface area contributed by atoms with E-state index < -0.39 is 5.97 Å². The smallest absolute Gasteiger partial charge is 0.338 e. The van der Waals surface area contributed by atoms with Gasteiger partial charge in [0, 0.05) is 5.69 Å². The lowest BCUT2D eigenvalue weighted by Crippen LogP contribution is -2.54. The molecule has 0 atom stereocenters. The van der Waals surface area contributed by atoms with Crippen molar-refractivity contribution in [1.29, 1.82) is 0 Å². The maximum atomic E-state index is 12.5. The average molecular weight is 338 g/mol. The molecule has 1 aliphatic heterocycles. The standard InChI is InChI=1S/C19H18N2O4/c1-2-25-19(24)14-8-10-16(11-9-14)21-17(22)12-20(13-18(21)23)15-6-4-3-5-7-15/h3-11H,2,12-13H2,1H3. The van der Waals surface area contributed by atoms with E-state index in [1.165, 1.54) is 0 Å². The topological polar surface area (TPSA) is 66.9 Å². The van der Waals surface area contributed by atoms with Gasteiger partial charge in [0.1, 0.15) is 0 Å². The number of benzene rings is 2. The molecule has 0 unspecified atom stereocenters. The maximum Gasteiger partial charge on any atom is 0.338 e. The lowest BCUT2D eigenvalue weighted by Gasteiger charge is -2.34. The van der Waals surface area contributed by atoms with E-state index in [0.29, 0.717) is 17.9 Å². The molecule has 2 amide bonds. The van der Waals surface area contributed by atoms with Gasteiger partial charge in [-0.2, -0.15) is 0 Å². The minimum atomic E-state index is -0.430. The third-order valence-electron chi connectivity index (χ3n) is 3.91. The lowest BCUT2D eigenvalue weighted by molar-refractivity contribution is -0.126. The molecule has 0 aromatic heterocycles. The molecule has 2 aromatic rings. The van der Waals surface area contributed by atoms with Crippen LogP contribution in [0.2, 0.25) is 0 Å². The van der Waals surface area contributed by atoms with E-state index in [0.717, 1.165) is 10.6 Å². The second-order valence-corrected chi connectivity index (χ2v) is 5.58. The Morgan fingerprint density at radius 2 is 1.52 bits per heavy atom. The van der Waals surface area contributed by atoms with E-state index in [1.54, 1.807) is 36.1 Å². The molecule has 0 spiro atoms. The number of carbonyl (C=O) groups excluding carboxylic acids is 3. The molecule has 0 bridgehead atoms. The average Bonchev–Trinajstić information content (AvgIpc) is 2.62. The SMILES string of the molecule is CCOC(=O)c1ccc(N2C(=O)CN(c3ccccc3)CC2=O)cc1. The Morgan fingerprint density at radius 3 is 2.08 bits per heavy atom. The zero-order chi connectivity index (χ0) is 17.8. The summed E-state index contributed by atoms with van der Waals surface area (Å²) in [6.07, 6.45) is 0. The van der Waals surface area contributed by atoms with Gasteiger partial charge in [-0.15, -0.1) is 0 Å². The molecule has 2 aromatic carbocycles. The van der Waals surface area contributed by atoms with Gasteiger partial charge in [0.25, 0.3) is 11.8 Å². The number of nitrogens with zero attached hydrogens (tertiary/aromatic N) is 2. The van der Waals surface area contributed by atoms with Gasteiger partial charge in [-0.05, 0) is 43.3 Å². The van der Waals surface area contributed by atoms with Crippen LogP contribution in [0, 0.1) is 0 Å². The van der Waals surface area contributed by atoms with E-state index >= 15 is 0 Å². The van der Waals surface area contributed by atoms with Crippen LogP contribution >= 0.6 is 0 Å². The molecule has 1 heterocycles. The minimum absolute atomic E-state index is 0.120. The molecule has 1 aliphatic rings. The number of piperazine rings is 1. The summed E-state index contributed by atoms with van der Waals surface area (Å²) in [5.74, 6) is -1.03. The summed E-state index contributed by atoms with van der Waals surface area (Å²) < 4.78 is 4.93. The van der Waals surface area contributed by atoms with Gasteiger partial charge in [-0.3, -0.25) is 9.59 Å². The fraction of sp³-hybridized carbons (Fsp3) is 0.211. The first-order chi connectivity index (χ1) is 12.1. The summed E-state index contributed by atoms with van der Waals surface area (Å²) >= 11 is 0. The quantitative estimate of drug-likeness (QED) is 0.632. The molecule has 1 fully saturated rings. The molecule has 0 N–H and O–H groups in total. The van der Waals surface area contributed by atoms with Crippen LogP contribution in [0.4, 0.5) is 11.4 Å². The van der Waals surface area contributed by atoms with Gasteiger partial charge in [0.15, 0.2) is 0 Å². The van der Waals surface area contributed by atoms with Crippen molar-refractivity contribution < 1.29 is 19.1 Å². The second-order valence-electron chi connectivity index (χ2n) is 5.58. The van der Waals surface area contributed by atoms with Crippen LogP contribution in [0.1, 0.15) is 17.3 Å². The predicted octanol–water partition coefficient (Wildman–Crippen LogP) is 2.24. The van der Waals surface area contributed by atoms with Crippen LogP contribution < -0.4 is 9.80 Å². The van der Waals surface area contributed by atoms with Gasteiger partial charge >= 0.3 is 5.97 Å². The zero-order valence-corrected chi connectivity index (χ0v) is 13.8. The van der Waals surface area contributed by atoms with E-state index in [2.05, 4.69) is 0 Å². The van der Waals surface area contributed by atoms with Gasteiger partial charge < -0.3 is 9.64 Å². The highest BCUT2D eigenvalue weighted by molar-refractivity contribution is 6.19. The van der Waals surface area contributed by atoms with Crippen molar-refractivity contribution in [2.24, 2.45) is 0 Å². The first-order valence-corrected chi connectivity index (χ1v) is 8.03. The number of para-hydroxylation sites is 1. The maximum absolute atomic E-state index is 12.5. The van der Waals surface area contributed by atoms with Crippen molar-refractivity contribution >= 4 is 29.2 Å². The molecule has 6 nitrogen and oxygen atoms in total. The van der Waals surface area contributed by atoms with Crippen LogP contribution in [0.5, 0.6) is 0 Å². The second kappa shape index (κ2) is 7.17. The highest BCUT2D eigenvalue weighted by atomic mass is 16.5. The summed E-state index contributed by atoms with van der Waals surface area (Å²) in [5, 5.41) is 0. The molecular weight excluding hydrogens is 320 g/mol. The Hall–Kier alpha value is -3.15. The fourth-order valence-electron chi connectivity index (χ4n) is 2.73. The van der Waals surface area contributed by atoms with Crippen molar-refractivity contribution in [3.05, 3.63) is 60.2 Å². The molecule has 0 radical (unpaired) electrons. The third kappa shape index (κ3) is 3.52. The van der Waals surface area contributed by atoms with Crippen molar-refractivity contribution in [3.63, 3.8) is 0 Å². The van der Waals surface area contributed by atoms with Gasteiger partial charge in [-0.25, -0.2) is 9.69 Å². The number of anilines is 2.